The highest BCUT2D eigenvalue weighted by Crippen LogP contribution is 2.22. The van der Waals surface area contributed by atoms with Crippen molar-refractivity contribution in [1.29, 1.82) is 0 Å². The van der Waals surface area contributed by atoms with Gasteiger partial charge in [-0.3, -0.25) is 9.78 Å². The minimum absolute atomic E-state index is 0.0527. The Morgan fingerprint density at radius 1 is 1.50 bits per heavy atom. The minimum atomic E-state index is -3.59. The van der Waals surface area contributed by atoms with Crippen LogP contribution >= 0.6 is 11.3 Å². The van der Waals surface area contributed by atoms with Crippen LogP contribution in [-0.4, -0.2) is 44.3 Å². The Hall–Kier alpha value is -1.51. The molecule has 6 nitrogen and oxygen atoms in total. The second-order valence-electron chi connectivity index (χ2n) is 5.50. The fraction of sp³-hybridized carbons (Fsp3) is 0.429. The molecule has 1 N–H and O–H groups in total. The van der Waals surface area contributed by atoms with Gasteiger partial charge in [0.1, 0.15) is 4.90 Å². The molecule has 2 aromatic heterocycles. The minimum Gasteiger partial charge on any atom is -0.346 e. The van der Waals surface area contributed by atoms with Crippen molar-refractivity contribution in [2.45, 2.75) is 17.7 Å². The van der Waals surface area contributed by atoms with Gasteiger partial charge in [0.05, 0.1) is 10.2 Å². The molecule has 0 bridgehead atoms. The van der Waals surface area contributed by atoms with Crippen LogP contribution in [0.25, 0.3) is 10.2 Å². The summed E-state index contributed by atoms with van der Waals surface area (Å²) in [5.41, 5.74) is 0.796. The first-order chi connectivity index (χ1) is 10.5. The van der Waals surface area contributed by atoms with Crippen molar-refractivity contribution >= 4 is 37.5 Å². The van der Waals surface area contributed by atoms with Crippen molar-refractivity contribution in [2.75, 3.05) is 20.1 Å². The van der Waals surface area contributed by atoms with Crippen molar-refractivity contribution in [3.8, 4) is 0 Å². The number of nitrogens with zero attached hydrogens (tertiary/aromatic N) is 2. The maximum Gasteiger partial charge on any atom is 0.242 e. The molecule has 1 fully saturated rings. The number of fused-ring (bicyclic) bond motifs is 1. The molecule has 22 heavy (non-hydrogen) atoms. The number of sulfonamides is 1. The van der Waals surface area contributed by atoms with Crippen LogP contribution in [0, 0.1) is 5.92 Å². The number of pyridine rings is 1. The molecule has 118 valence electrons. The van der Waals surface area contributed by atoms with Gasteiger partial charge < -0.3 is 4.90 Å². The van der Waals surface area contributed by atoms with Gasteiger partial charge in [-0.1, -0.05) is 0 Å². The highest BCUT2D eigenvalue weighted by molar-refractivity contribution is 7.89. The van der Waals surface area contributed by atoms with Crippen molar-refractivity contribution < 1.29 is 13.2 Å². The van der Waals surface area contributed by atoms with Crippen LogP contribution in [0.15, 0.2) is 28.6 Å². The second kappa shape index (κ2) is 5.94. The molecule has 1 aliphatic heterocycles. The van der Waals surface area contributed by atoms with Crippen LogP contribution < -0.4 is 4.72 Å². The largest absolute Gasteiger partial charge is 0.346 e. The van der Waals surface area contributed by atoms with Crippen molar-refractivity contribution in [1.82, 2.24) is 14.6 Å². The van der Waals surface area contributed by atoms with Gasteiger partial charge in [0.25, 0.3) is 0 Å². The van der Waals surface area contributed by atoms with Gasteiger partial charge in [0.2, 0.25) is 15.9 Å². The maximum atomic E-state index is 12.3. The van der Waals surface area contributed by atoms with E-state index in [1.807, 2.05) is 11.4 Å². The summed E-state index contributed by atoms with van der Waals surface area (Å²) < 4.78 is 28.1. The highest BCUT2D eigenvalue weighted by Gasteiger charge is 2.25. The topological polar surface area (TPSA) is 79.4 Å². The number of rotatable bonds is 4. The van der Waals surface area contributed by atoms with Crippen LogP contribution in [0.5, 0.6) is 0 Å². The third-order valence-corrected chi connectivity index (χ3v) is 6.16. The zero-order valence-electron chi connectivity index (χ0n) is 12.2. The maximum absolute atomic E-state index is 12.3. The molecule has 1 unspecified atom stereocenters. The van der Waals surface area contributed by atoms with Gasteiger partial charge in [-0.05, 0) is 29.9 Å². The number of carbonyl (C=O) groups is 1. The SMILES string of the molecule is CN1CCC(CNS(=O)(=O)c2cnc3ccsc3c2)CC1=O. The molecule has 1 amide bonds. The number of hydrogen-bond donors (Lipinski definition) is 1. The van der Waals surface area contributed by atoms with Gasteiger partial charge in [0, 0.05) is 32.8 Å². The van der Waals surface area contributed by atoms with Crippen LogP contribution in [0.3, 0.4) is 0 Å². The molecular weight excluding hydrogens is 322 g/mol. The summed E-state index contributed by atoms with van der Waals surface area (Å²) >= 11 is 1.46. The average Bonchev–Trinajstić information content (AvgIpc) is 2.96. The van der Waals surface area contributed by atoms with Gasteiger partial charge in [-0.15, -0.1) is 11.3 Å². The normalized spacial score (nSPS) is 19.8. The molecule has 3 rings (SSSR count). The van der Waals surface area contributed by atoms with Crippen molar-refractivity contribution in [2.24, 2.45) is 5.92 Å². The zero-order chi connectivity index (χ0) is 15.7. The molecule has 1 saturated heterocycles. The highest BCUT2D eigenvalue weighted by atomic mass is 32.2. The molecule has 0 saturated carbocycles. The third-order valence-electron chi connectivity index (χ3n) is 3.91. The summed E-state index contributed by atoms with van der Waals surface area (Å²) in [5, 5.41) is 1.88. The lowest BCUT2D eigenvalue weighted by atomic mass is 9.97. The van der Waals surface area contributed by atoms with Gasteiger partial charge in [-0.2, -0.15) is 0 Å². The van der Waals surface area contributed by atoms with E-state index in [1.54, 1.807) is 18.0 Å². The summed E-state index contributed by atoms with van der Waals surface area (Å²) in [6.07, 6.45) is 2.57. The van der Waals surface area contributed by atoms with Crippen LogP contribution in [0.4, 0.5) is 0 Å². The van der Waals surface area contributed by atoms with E-state index < -0.39 is 10.0 Å². The van der Waals surface area contributed by atoms with Gasteiger partial charge >= 0.3 is 0 Å². The molecule has 2 aromatic rings. The van der Waals surface area contributed by atoms with Crippen molar-refractivity contribution in [3.05, 3.63) is 23.7 Å². The quantitative estimate of drug-likeness (QED) is 0.914. The van der Waals surface area contributed by atoms with Crippen LogP contribution in [0.2, 0.25) is 0 Å². The monoisotopic (exact) mass is 339 g/mol. The second-order valence-corrected chi connectivity index (χ2v) is 8.22. The summed E-state index contributed by atoms with van der Waals surface area (Å²) in [5.74, 6) is 0.119. The van der Waals surface area contributed by atoms with E-state index in [-0.39, 0.29) is 23.3 Å². The standard InChI is InChI=1S/C14H17N3O3S2/c1-17-4-2-10(6-14(17)18)8-16-22(19,20)11-7-13-12(15-9-11)3-5-21-13/h3,5,7,9-10,16H,2,4,6,8H2,1H3. The number of amides is 1. The first-order valence-corrected chi connectivity index (χ1v) is 9.39. The molecule has 0 aliphatic carbocycles. The summed E-state index contributed by atoms with van der Waals surface area (Å²) in [6, 6.07) is 3.49. The van der Waals surface area contributed by atoms with E-state index in [1.165, 1.54) is 17.5 Å². The van der Waals surface area contributed by atoms with E-state index in [9.17, 15) is 13.2 Å². The Labute approximate surface area is 133 Å². The molecule has 3 heterocycles. The molecular formula is C14H17N3O3S2. The van der Waals surface area contributed by atoms with Gasteiger partial charge in [-0.25, -0.2) is 13.1 Å². The first kappa shape index (κ1) is 15.4. The number of likely N-dealkylation sites (tertiary alicyclic amines) is 1. The lowest BCUT2D eigenvalue weighted by Crippen LogP contribution is -2.40. The zero-order valence-corrected chi connectivity index (χ0v) is 13.8. The Bertz CT molecular complexity index is 801. The van der Waals surface area contributed by atoms with Crippen LogP contribution in [-0.2, 0) is 14.8 Å². The number of thiophene rings is 1. The predicted octanol–water partition coefficient (Wildman–Crippen LogP) is 1.44. The van der Waals surface area contributed by atoms with E-state index in [0.717, 1.165) is 16.6 Å². The molecule has 0 spiro atoms. The molecule has 0 aromatic carbocycles. The number of hydrogen-bond acceptors (Lipinski definition) is 5. The number of piperidine rings is 1. The average molecular weight is 339 g/mol. The van der Waals surface area contributed by atoms with E-state index in [2.05, 4.69) is 9.71 Å². The van der Waals surface area contributed by atoms with E-state index in [0.29, 0.717) is 13.0 Å². The van der Waals surface area contributed by atoms with Crippen molar-refractivity contribution in [3.63, 3.8) is 0 Å². The predicted molar refractivity (Wildman–Crippen MR) is 85.2 cm³/mol. The van der Waals surface area contributed by atoms with Gasteiger partial charge in [0.15, 0.2) is 0 Å². The van der Waals surface area contributed by atoms with E-state index >= 15 is 0 Å². The molecule has 0 radical (unpaired) electrons. The van der Waals surface area contributed by atoms with Crippen LogP contribution in [0.1, 0.15) is 12.8 Å². The molecule has 1 aliphatic rings. The number of nitrogens with one attached hydrogen (secondary N) is 1. The molecule has 1 atom stereocenters. The fourth-order valence-electron chi connectivity index (χ4n) is 2.47. The Kier molecular flexibility index (Phi) is 4.16. The lowest BCUT2D eigenvalue weighted by molar-refractivity contribution is -0.133. The first-order valence-electron chi connectivity index (χ1n) is 7.02. The Morgan fingerprint density at radius 2 is 2.32 bits per heavy atom. The summed E-state index contributed by atoms with van der Waals surface area (Å²) in [4.78, 5) is 17.7. The number of carbonyl (C=O) groups excluding carboxylic acids is 1. The summed E-state index contributed by atoms with van der Waals surface area (Å²) in [7, 11) is -1.82. The Morgan fingerprint density at radius 3 is 3.09 bits per heavy atom. The Balaban J connectivity index is 1.69. The fourth-order valence-corrected chi connectivity index (χ4v) is 4.41. The molecule has 8 heteroatoms. The summed E-state index contributed by atoms with van der Waals surface area (Å²) in [6.45, 7) is 0.957. The third kappa shape index (κ3) is 3.13. The number of aromatic nitrogens is 1. The van der Waals surface area contributed by atoms with E-state index in [4.69, 9.17) is 0 Å². The smallest absolute Gasteiger partial charge is 0.242 e. The lowest BCUT2D eigenvalue weighted by Gasteiger charge is -2.28.